The smallest absolute Gasteiger partial charge is 0.269 e. The van der Waals surface area contributed by atoms with Crippen molar-refractivity contribution in [3.05, 3.63) is 84.0 Å². The highest BCUT2D eigenvalue weighted by Gasteiger charge is 2.08. The Balaban J connectivity index is 1.65. The van der Waals surface area contributed by atoms with Crippen LogP contribution in [0.2, 0.25) is 0 Å². The van der Waals surface area contributed by atoms with Crippen molar-refractivity contribution in [2.75, 3.05) is 13.1 Å². The standard InChI is InChI=1S/C22H32N10O2/c23-19(21(33)29-13-17-7-1-3-9-27-17)15-31(25)11-5-6-12-32(26)16-20(24)22(34)30-14-18-8-2-4-10-28-18/h1-4,7-10,15-16H,5-6,11-14,23-26H2,(H,29,33)(H,30,34)/b19-15-,20-16-. The summed E-state index contributed by atoms with van der Waals surface area (Å²) in [5.41, 5.74) is 13.0. The molecule has 0 saturated heterocycles. The largest absolute Gasteiger partial charge is 0.393 e. The number of nitrogens with one attached hydrogen (secondary N) is 2. The summed E-state index contributed by atoms with van der Waals surface area (Å²) in [7, 11) is 0. The Bertz CT molecular complexity index is 887. The molecule has 34 heavy (non-hydrogen) atoms. The van der Waals surface area contributed by atoms with E-state index in [9.17, 15) is 9.59 Å². The van der Waals surface area contributed by atoms with Gasteiger partial charge in [-0.15, -0.1) is 0 Å². The third kappa shape index (κ3) is 9.97. The van der Waals surface area contributed by atoms with Crippen LogP contribution in [0.25, 0.3) is 0 Å². The lowest BCUT2D eigenvalue weighted by molar-refractivity contribution is -0.118. The van der Waals surface area contributed by atoms with Gasteiger partial charge in [0.05, 0.1) is 24.5 Å². The molecule has 2 aromatic rings. The van der Waals surface area contributed by atoms with Crippen LogP contribution in [0.4, 0.5) is 0 Å². The molecule has 12 nitrogen and oxygen atoms in total. The van der Waals surface area contributed by atoms with Crippen molar-refractivity contribution in [1.29, 1.82) is 0 Å². The monoisotopic (exact) mass is 468 g/mol. The Morgan fingerprint density at radius 1 is 0.765 bits per heavy atom. The van der Waals surface area contributed by atoms with E-state index in [0.717, 1.165) is 11.4 Å². The van der Waals surface area contributed by atoms with Gasteiger partial charge in [-0.3, -0.25) is 19.6 Å². The molecule has 0 bridgehead atoms. The van der Waals surface area contributed by atoms with E-state index in [0.29, 0.717) is 25.9 Å². The number of unbranched alkanes of at least 4 members (excludes halogenated alkanes) is 1. The number of rotatable bonds is 13. The SMILES string of the molecule is N/C(=C\N(N)CCCCN(N)/C=C(\N)C(=O)NCc1ccccn1)C(=O)NCc1ccccn1. The molecule has 0 unspecified atom stereocenters. The molecule has 182 valence electrons. The number of pyridine rings is 2. The maximum absolute atomic E-state index is 12.1. The van der Waals surface area contributed by atoms with Gasteiger partial charge >= 0.3 is 0 Å². The predicted octanol–water partition coefficient (Wildman–Crippen LogP) is -0.859. The first-order chi connectivity index (χ1) is 16.3. The normalized spacial score (nSPS) is 11.6. The molecule has 2 aromatic heterocycles. The lowest BCUT2D eigenvalue weighted by Gasteiger charge is -2.17. The number of nitrogens with two attached hydrogens (primary N) is 4. The molecular formula is C22H32N10O2. The number of hydrazine groups is 2. The summed E-state index contributed by atoms with van der Waals surface area (Å²) < 4.78 is 0. The Hall–Kier alpha value is -4.16. The summed E-state index contributed by atoms with van der Waals surface area (Å²) in [6.07, 6.45) is 7.38. The number of hydrogen-bond donors (Lipinski definition) is 6. The maximum atomic E-state index is 12.1. The number of aromatic nitrogens is 2. The number of carbonyl (C=O) groups excluding carboxylic acids is 2. The van der Waals surface area contributed by atoms with Gasteiger partial charge in [0.25, 0.3) is 11.8 Å². The molecule has 0 aliphatic rings. The predicted molar refractivity (Wildman–Crippen MR) is 128 cm³/mol. The minimum Gasteiger partial charge on any atom is -0.393 e. The van der Waals surface area contributed by atoms with Gasteiger partial charge in [0.15, 0.2) is 0 Å². The fraction of sp³-hybridized carbons (Fsp3) is 0.273. The summed E-state index contributed by atoms with van der Waals surface area (Å²) in [5, 5.41) is 8.03. The summed E-state index contributed by atoms with van der Waals surface area (Å²) in [4.78, 5) is 32.4. The van der Waals surface area contributed by atoms with E-state index >= 15 is 0 Å². The van der Waals surface area contributed by atoms with E-state index in [4.69, 9.17) is 23.2 Å². The zero-order valence-corrected chi connectivity index (χ0v) is 18.9. The number of amides is 2. The first-order valence-corrected chi connectivity index (χ1v) is 10.7. The molecule has 0 aliphatic heterocycles. The van der Waals surface area contributed by atoms with E-state index < -0.39 is 11.8 Å². The Kier molecular flexibility index (Phi) is 10.8. The lowest BCUT2D eigenvalue weighted by Crippen LogP contribution is -2.34. The molecule has 0 aromatic carbocycles. The Morgan fingerprint density at radius 2 is 1.18 bits per heavy atom. The quantitative estimate of drug-likeness (QED) is 0.0931. The molecular weight excluding hydrogens is 436 g/mol. The second-order valence-electron chi connectivity index (χ2n) is 7.36. The third-order valence-electron chi connectivity index (χ3n) is 4.53. The van der Waals surface area contributed by atoms with Crippen LogP contribution in [-0.4, -0.2) is 44.9 Å². The Morgan fingerprint density at radius 3 is 1.53 bits per heavy atom. The van der Waals surface area contributed by atoms with E-state index in [1.165, 1.54) is 22.4 Å². The highest BCUT2D eigenvalue weighted by molar-refractivity contribution is 5.92. The number of hydrogen-bond acceptors (Lipinski definition) is 10. The van der Waals surface area contributed by atoms with Crippen LogP contribution in [0, 0.1) is 0 Å². The minimum absolute atomic E-state index is 0.00805. The summed E-state index contributed by atoms with van der Waals surface area (Å²) in [6, 6.07) is 10.9. The second-order valence-corrected chi connectivity index (χ2v) is 7.36. The molecule has 0 fully saturated rings. The van der Waals surface area contributed by atoms with Crippen LogP contribution in [0.5, 0.6) is 0 Å². The van der Waals surface area contributed by atoms with E-state index in [-0.39, 0.29) is 24.5 Å². The lowest BCUT2D eigenvalue weighted by atomic mass is 10.3. The van der Waals surface area contributed by atoms with Crippen LogP contribution in [-0.2, 0) is 22.7 Å². The van der Waals surface area contributed by atoms with Gasteiger partial charge in [0, 0.05) is 37.9 Å². The molecule has 2 rings (SSSR count). The number of nitrogens with zero attached hydrogens (tertiary/aromatic N) is 4. The number of carbonyl (C=O) groups is 2. The molecule has 0 aliphatic carbocycles. The minimum atomic E-state index is -0.434. The first-order valence-electron chi connectivity index (χ1n) is 10.7. The van der Waals surface area contributed by atoms with Gasteiger partial charge in [-0.25, -0.2) is 11.7 Å². The van der Waals surface area contributed by atoms with Crippen LogP contribution < -0.4 is 33.8 Å². The molecule has 0 radical (unpaired) electrons. The van der Waals surface area contributed by atoms with Crippen LogP contribution in [0.15, 0.2) is 72.6 Å². The summed E-state index contributed by atoms with van der Waals surface area (Å²) in [5.74, 6) is 10.9. The average molecular weight is 469 g/mol. The van der Waals surface area contributed by atoms with Gasteiger partial charge in [-0.1, -0.05) is 12.1 Å². The first kappa shape index (κ1) is 26.1. The summed E-state index contributed by atoms with van der Waals surface area (Å²) in [6.45, 7) is 1.43. The fourth-order valence-corrected chi connectivity index (χ4v) is 2.74. The zero-order valence-electron chi connectivity index (χ0n) is 18.9. The van der Waals surface area contributed by atoms with Crippen molar-refractivity contribution in [3.8, 4) is 0 Å². The molecule has 0 atom stereocenters. The van der Waals surface area contributed by atoms with E-state index in [1.54, 1.807) is 36.7 Å². The van der Waals surface area contributed by atoms with Gasteiger partial charge in [-0.2, -0.15) is 0 Å². The third-order valence-corrected chi connectivity index (χ3v) is 4.53. The molecule has 0 spiro atoms. The highest BCUT2D eigenvalue weighted by Crippen LogP contribution is 1.99. The molecule has 2 amide bonds. The van der Waals surface area contributed by atoms with Crippen molar-refractivity contribution in [2.24, 2.45) is 23.2 Å². The van der Waals surface area contributed by atoms with Crippen molar-refractivity contribution in [1.82, 2.24) is 30.6 Å². The Labute approximate surface area is 198 Å². The van der Waals surface area contributed by atoms with Gasteiger partial charge in [0.1, 0.15) is 11.4 Å². The van der Waals surface area contributed by atoms with Crippen LogP contribution in [0.1, 0.15) is 24.2 Å². The van der Waals surface area contributed by atoms with Crippen LogP contribution >= 0.6 is 0 Å². The van der Waals surface area contributed by atoms with Crippen LogP contribution in [0.3, 0.4) is 0 Å². The molecule has 12 heteroatoms. The topological polar surface area (TPSA) is 195 Å². The van der Waals surface area contributed by atoms with Crippen molar-refractivity contribution < 1.29 is 9.59 Å². The van der Waals surface area contributed by atoms with E-state index in [1.807, 2.05) is 12.1 Å². The highest BCUT2D eigenvalue weighted by atomic mass is 16.2. The second kappa shape index (κ2) is 14.1. The average Bonchev–Trinajstić information content (AvgIpc) is 2.84. The summed E-state index contributed by atoms with van der Waals surface area (Å²) >= 11 is 0. The van der Waals surface area contributed by atoms with Crippen molar-refractivity contribution in [3.63, 3.8) is 0 Å². The fourth-order valence-electron chi connectivity index (χ4n) is 2.74. The van der Waals surface area contributed by atoms with Gasteiger partial charge < -0.3 is 32.1 Å². The molecule has 10 N–H and O–H groups in total. The van der Waals surface area contributed by atoms with E-state index in [2.05, 4.69) is 20.6 Å². The van der Waals surface area contributed by atoms with Gasteiger partial charge in [0.2, 0.25) is 0 Å². The maximum Gasteiger partial charge on any atom is 0.269 e. The van der Waals surface area contributed by atoms with Crippen molar-refractivity contribution >= 4 is 11.8 Å². The van der Waals surface area contributed by atoms with Gasteiger partial charge in [-0.05, 0) is 37.1 Å². The van der Waals surface area contributed by atoms with Crippen molar-refractivity contribution in [2.45, 2.75) is 25.9 Å². The molecule has 0 saturated carbocycles. The molecule has 2 heterocycles. The zero-order chi connectivity index (χ0) is 24.8.